The SMILES string of the molecule is CC(C)CC(C(=O)O)N(CCc1ccc(-n2cccc2)cc1)C(=O)O. The van der Waals surface area contributed by atoms with Gasteiger partial charge in [0.1, 0.15) is 6.04 Å². The Morgan fingerprint density at radius 1 is 1.08 bits per heavy atom. The summed E-state index contributed by atoms with van der Waals surface area (Å²) < 4.78 is 1.98. The van der Waals surface area contributed by atoms with E-state index in [2.05, 4.69) is 0 Å². The second-order valence-electron chi connectivity index (χ2n) is 6.47. The molecule has 1 heterocycles. The van der Waals surface area contributed by atoms with Crippen LogP contribution in [0.4, 0.5) is 4.79 Å². The van der Waals surface area contributed by atoms with Crippen LogP contribution in [-0.4, -0.2) is 44.3 Å². The second kappa shape index (κ2) is 8.37. The van der Waals surface area contributed by atoms with Crippen LogP contribution in [0.2, 0.25) is 0 Å². The third-order valence-electron chi connectivity index (χ3n) is 4.08. The summed E-state index contributed by atoms with van der Waals surface area (Å²) in [5, 5.41) is 18.8. The zero-order valence-electron chi connectivity index (χ0n) is 14.5. The van der Waals surface area contributed by atoms with Crippen LogP contribution in [-0.2, 0) is 11.2 Å². The third-order valence-corrected chi connectivity index (χ3v) is 4.08. The molecule has 0 fully saturated rings. The number of hydrogen-bond donors (Lipinski definition) is 2. The molecule has 0 spiro atoms. The van der Waals surface area contributed by atoms with E-state index in [1.54, 1.807) is 0 Å². The summed E-state index contributed by atoms with van der Waals surface area (Å²) >= 11 is 0. The van der Waals surface area contributed by atoms with Gasteiger partial charge in [-0.1, -0.05) is 26.0 Å². The van der Waals surface area contributed by atoms with Gasteiger partial charge < -0.3 is 14.8 Å². The molecule has 1 atom stereocenters. The summed E-state index contributed by atoms with van der Waals surface area (Å²) in [6, 6.07) is 10.7. The van der Waals surface area contributed by atoms with Crippen LogP contribution in [0.15, 0.2) is 48.8 Å². The molecule has 0 aliphatic heterocycles. The van der Waals surface area contributed by atoms with E-state index in [0.717, 1.165) is 16.2 Å². The van der Waals surface area contributed by atoms with Gasteiger partial charge in [0, 0.05) is 24.6 Å². The lowest BCUT2D eigenvalue weighted by Gasteiger charge is -2.27. The Kier molecular flexibility index (Phi) is 6.22. The molecule has 0 aliphatic rings. The van der Waals surface area contributed by atoms with Gasteiger partial charge in [0.15, 0.2) is 0 Å². The van der Waals surface area contributed by atoms with Gasteiger partial charge in [0.25, 0.3) is 0 Å². The van der Waals surface area contributed by atoms with E-state index < -0.39 is 18.1 Å². The molecule has 1 aromatic carbocycles. The van der Waals surface area contributed by atoms with Gasteiger partial charge in [-0.25, -0.2) is 9.59 Å². The molecular formula is C19H24N2O4. The van der Waals surface area contributed by atoms with Crippen LogP contribution in [0.1, 0.15) is 25.8 Å². The Hall–Kier alpha value is -2.76. The van der Waals surface area contributed by atoms with Crippen molar-refractivity contribution >= 4 is 12.1 Å². The van der Waals surface area contributed by atoms with E-state index in [1.807, 2.05) is 67.2 Å². The van der Waals surface area contributed by atoms with Crippen molar-refractivity contribution in [3.63, 3.8) is 0 Å². The standard InChI is InChI=1S/C19H24N2O4/c1-14(2)13-17(18(22)23)21(19(24)25)12-9-15-5-7-16(8-6-15)20-10-3-4-11-20/h3-8,10-11,14,17H,9,12-13H2,1-2H3,(H,22,23)(H,24,25). The lowest BCUT2D eigenvalue weighted by atomic mass is 10.0. The van der Waals surface area contributed by atoms with Crippen molar-refractivity contribution in [3.8, 4) is 5.69 Å². The highest BCUT2D eigenvalue weighted by atomic mass is 16.4. The molecule has 25 heavy (non-hydrogen) atoms. The summed E-state index contributed by atoms with van der Waals surface area (Å²) in [6.07, 6.45) is 3.47. The van der Waals surface area contributed by atoms with E-state index in [-0.39, 0.29) is 12.5 Å². The Balaban J connectivity index is 2.05. The third kappa shape index (κ3) is 5.11. The van der Waals surface area contributed by atoms with E-state index in [1.165, 1.54) is 0 Å². The molecule has 2 rings (SSSR count). The minimum absolute atomic E-state index is 0.101. The first-order chi connectivity index (χ1) is 11.9. The van der Waals surface area contributed by atoms with Crippen molar-refractivity contribution in [2.75, 3.05) is 6.54 Å². The van der Waals surface area contributed by atoms with Crippen LogP contribution in [0.3, 0.4) is 0 Å². The molecule has 6 nitrogen and oxygen atoms in total. The van der Waals surface area contributed by atoms with Crippen molar-refractivity contribution in [1.82, 2.24) is 9.47 Å². The molecule has 0 bridgehead atoms. The Morgan fingerprint density at radius 2 is 1.68 bits per heavy atom. The van der Waals surface area contributed by atoms with Crippen molar-refractivity contribution in [1.29, 1.82) is 0 Å². The summed E-state index contributed by atoms with van der Waals surface area (Å²) in [4.78, 5) is 24.0. The average Bonchev–Trinajstić information content (AvgIpc) is 3.08. The minimum atomic E-state index is -1.20. The normalized spacial score (nSPS) is 12.1. The first-order valence-corrected chi connectivity index (χ1v) is 8.33. The number of carboxylic acids is 1. The van der Waals surface area contributed by atoms with Crippen molar-refractivity contribution < 1.29 is 19.8 Å². The molecular weight excluding hydrogens is 320 g/mol. The first kappa shape index (κ1) is 18.6. The fourth-order valence-electron chi connectivity index (χ4n) is 2.78. The molecule has 0 saturated carbocycles. The molecule has 6 heteroatoms. The van der Waals surface area contributed by atoms with Gasteiger partial charge in [0.05, 0.1) is 0 Å². The van der Waals surface area contributed by atoms with Gasteiger partial charge in [-0.05, 0) is 48.6 Å². The van der Waals surface area contributed by atoms with Crippen LogP contribution in [0.25, 0.3) is 5.69 Å². The Bertz CT molecular complexity index is 693. The quantitative estimate of drug-likeness (QED) is 0.768. The predicted octanol–water partition coefficient (Wildman–Crippen LogP) is 3.50. The number of benzene rings is 1. The van der Waals surface area contributed by atoms with Crippen LogP contribution in [0.5, 0.6) is 0 Å². The van der Waals surface area contributed by atoms with E-state index in [9.17, 15) is 19.8 Å². The molecule has 1 aromatic heterocycles. The maximum Gasteiger partial charge on any atom is 0.408 e. The van der Waals surface area contributed by atoms with Gasteiger partial charge in [-0.2, -0.15) is 0 Å². The van der Waals surface area contributed by atoms with Crippen LogP contribution in [0, 0.1) is 5.92 Å². The summed E-state index contributed by atoms with van der Waals surface area (Å²) in [5.74, 6) is -0.997. The number of amides is 1. The van der Waals surface area contributed by atoms with Crippen molar-refractivity contribution in [2.24, 2.45) is 5.92 Å². The highest BCUT2D eigenvalue weighted by Crippen LogP contribution is 2.15. The average molecular weight is 344 g/mol. The molecule has 0 aliphatic carbocycles. The first-order valence-electron chi connectivity index (χ1n) is 8.33. The van der Waals surface area contributed by atoms with Gasteiger partial charge in [-0.3, -0.25) is 4.90 Å². The molecule has 0 saturated heterocycles. The molecule has 1 amide bonds. The number of nitrogens with zero attached hydrogens (tertiary/aromatic N) is 2. The monoisotopic (exact) mass is 344 g/mol. The molecule has 2 N–H and O–H groups in total. The predicted molar refractivity (Wildman–Crippen MR) is 95.1 cm³/mol. The zero-order chi connectivity index (χ0) is 18.4. The van der Waals surface area contributed by atoms with Crippen LogP contribution >= 0.6 is 0 Å². The highest BCUT2D eigenvalue weighted by Gasteiger charge is 2.29. The fourth-order valence-corrected chi connectivity index (χ4v) is 2.78. The maximum atomic E-state index is 11.5. The number of aliphatic carboxylic acids is 1. The maximum absolute atomic E-state index is 11.5. The van der Waals surface area contributed by atoms with E-state index >= 15 is 0 Å². The number of carbonyl (C=O) groups is 2. The number of rotatable bonds is 8. The zero-order valence-corrected chi connectivity index (χ0v) is 14.5. The number of hydrogen-bond acceptors (Lipinski definition) is 2. The lowest BCUT2D eigenvalue weighted by molar-refractivity contribution is -0.143. The van der Waals surface area contributed by atoms with Gasteiger partial charge in [0.2, 0.25) is 0 Å². The summed E-state index contributed by atoms with van der Waals surface area (Å²) in [7, 11) is 0. The fraction of sp³-hybridized carbons (Fsp3) is 0.368. The summed E-state index contributed by atoms with van der Waals surface area (Å²) in [6.45, 7) is 3.92. The Morgan fingerprint density at radius 3 is 2.16 bits per heavy atom. The minimum Gasteiger partial charge on any atom is -0.480 e. The molecule has 2 aromatic rings. The van der Waals surface area contributed by atoms with E-state index in [4.69, 9.17) is 0 Å². The largest absolute Gasteiger partial charge is 0.480 e. The number of aromatic nitrogens is 1. The van der Waals surface area contributed by atoms with Gasteiger partial charge in [-0.15, -0.1) is 0 Å². The highest BCUT2D eigenvalue weighted by molar-refractivity contribution is 5.79. The van der Waals surface area contributed by atoms with Crippen LogP contribution < -0.4 is 0 Å². The molecule has 0 radical (unpaired) electrons. The summed E-state index contributed by atoms with van der Waals surface area (Å²) in [5.41, 5.74) is 1.99. The van der Waals surface area contributed by atoms with Crippen molar-refractivity contribution in [3.05, 3.63) is 54.4 Å². The Labute approximate surface area is 147 Å². The van der Waals surface area contributed by atoms with Crippen molar-refractivity contribution in [2.45, 2.75) is 32.7 Å². The smallest absolute Gasteiger partial charge is 0.408 e. The van der Waals surface area contributed by atoms with E-state index in [0.29, 0.717) is 12.8 Å². The van der Waals surface area contributed by atoms with Gasteiger partial charge >= 0.3 is 12.1 Å². The molecule has 1 unspecified atom stereocenters. The topological polar surface area (TPSA) is 82.8 Å². The molecule has 134 valence electrons. The second-order valence-corrected chi connectivity index (χ2v) is 6.47. The lowest BCUT2D eigenvalue weighted by Crippen LogP contribution is -2.46. The number of carboxylic acid groups (broad SMARTS) is 2.